The highest BCUT2D eigenvalue weighted by molar-refractivity contribution is 9.14. The quantitative estimate of drug-likeness (QED) is 0.510. The van der Waals surface area contributed by atoms with Gasteiger partial charge >= 0.3 is 11.0 Å². The van der Waals surface area contributed by atoms with Crippen molar-refractivity contribution in [3.63, 3.8) is 0 Å². The molecule has 0 heterocycles. The Hall–Kier alpha value is 0.350. The van der Waals surface area contributed by atoms with Gasteiger partial charge in [-0.25, -0.2) is 0 Å². The Labute approximate surface area is 75.7 Å². The van der Waals surface area contributed by atoms with Crippen LogP contribution in [0.5, 0.6) is 0 Å². The fourth-order valence-electron chi connectivity index (χ4n) is 0.226. The van der Waals surface area contributed by atoms with Gasteiger partial charge in [0.05, 0.1) is 4.48 Å². The van der Waals surface area contributed by atoms with Gasteiger partial charge in [0, 0.05) is 6.08 Å². The molecule has 0 aromatic rings. The maximum absolute atomic E-state index is 11.9. The average molecular weight is 304 g/mol. The minimum atomic E-state index is -4.74. The molecule has 0 aliphatic rings. The Balaban J connectivity index is 4.49. The lowest BCUT2D eigenvalue weighted by atomic mass is 10.5. The van der Waals surface area contributed by atoms with Crippen molar-refractivity contribution < 1.29 is 22.0 Å². The van der Waals surface area contributed by atoms with E-state index < -0.39 is 21.6 Å². The Morgan fingerprint density at radius 2 is 1.45 bits per heavy atom. The summed E-state index contributed by atoms with van der Waals surface area (Å²) in [5.74, 6) is 0. The Kier molecular flexibility index (Phi) is 3.49. The van der Waals surface area contributed by atoms with Crippen molar-refractivity contribution >= 4 is 31.9 Å². The van der Waals surface area contributed by atoms with Gasteiger partial charge in [0.25, 0.3) is 0 Å². The molecule has 0 unspecified atom stereocenters. The molecule has 0 N–H and O–H groups in total. The summed E-state index contributed by atoms with van der Waals surface area (Å²) in [6.07, 6.45) is -5.27. The summed E-state index contributed by atoms with van der Waals surface area (Å²) in [4.78, 5) is -3.66. The van der Waals surface area contributed by atoms with E-state index in [9.17, 15) is 22.0 Å². The number of halogens is 7. The third-order valence-electron chi connectivity index (χ3n) is 0.561. The second-order valence-electron chi connectivity index (χ2n) is 1.53. The second-order valence-corrected chi connectivity index (χ2v) is 3.38. The number of allylic oxidation sites excluding steroid dienone is 2. The Bertz CT molecular complexity index is 164. The summed E-state index contributed by atoms with van der Waals surface area (Å²) in [6, 6.07) is 0. The van der Waals surface area contributed by atoms with Crippen molar-refractivity contribution in [3.8, 4) is 0 Å². The van der Waals surface area contributed by atoms with E-state index >= 15 is 0 Å². The minimum absolute atomic E-state index is 0.526. The van der Waals surface area contributed by atoms with Crippen LogP contribution in [0.3, 0.4) is 0 Å². The lowest BCUT2D eigenvalue weighted by molar-refractivity contribution is -0.0811. The van der Waals surface area contributed by atoms with Crippen LogP contribution >= 0.6 is 31.9 Å². The second kappa shape index (κ2) is 3.38. The van der Waals surface area contributed by atoms with Gasteiger partial charge in [-0.3, -0.25) is 0 Å². The minimum Gasteiger partial charge on any atom is -0.188 e. The first kappa shape index (κ1) is 11.4. The molecule has 0 spiro atoms. The van der Waals surface area contributed by atoms with Crippen LogP contribution in [0.4, 0.5) is 22.0 Å². The SMILES string of the molecule is FC(F)(F)C=C(Br)C(F)(F)Br. The number of hydrogen-bond acceptors (Lipinski definition) is 0. The van der Waals surface area contributed by atoms with E-state index in [0.29, 0.717) is 0 Å². The fraction of sp³-hybridized carbons (Fsp3) is 0.500. The molecule has 0 saturated carbocycles. The fourth-order valence-corrected chi connectivity index (χ4v) is 0.600. The van der Waals surface area contributed by atoms with E-state index in [1.807, 2.05) is 0 Å². The van der Waals surface area contributed by atoms with E-state index in [-0.39, 0.29) is 0 Å². The van der Waals surface area contributed by atoms with Crippen molar-refractivity contribution in [2.75, 3.05) is 0 Å². The van der Waals surface area contributed by atoms with E-state index in [1.165, 1.54) is 0 Å². The zero-order chi connectivity index (χ0) is 9.28. The molecule has 0 aliphatic carbocycles. The van der Waals surface area contributed by atoms with Crippen LogP contribution in [0.2, 0.25) is 0 Å². The van der Waals surface area contributed by atoms with Crippen molar-refractivity contribution in [2.45, 2.75) is 11.0 Å². The predicted octanol–water partition coefficient (Wildman–Crippen LogP) is 3.82. The standard InChI is InChI=1S/C4HBr2F5/c5-2(4(6,10)11)1-3(7,8)9/h1H. The van der Waals surface area contributed by atoms with E-state index in [1.54, 1.807) is 15.9 Å². The molecule has 0 bridgehead atoms. The van der Waals surface area contributed by atoms with Gasteiger partial charge in [-0.15, -0.1) is 0 Å². The third kappa shape index (κ3) is 5.60. The average Bonchev–Trinajstić information content (AvgIpc) is 1.56. The summed E-state index contributed by atoms with van der Waals surface area (Å²) in [5.41, 5.74) is 0. The van der Waals surface area contributed by atoms with Crippen molar-refractivity contribution in [1.29, 1.82) is 0 Å². The van der Waals surface area contributed by atoms with Crippen LogP contribution < -0.4 is 0 Å². The maximum Gasteiger partial charge on any atom is 0.410 e. The molecule has 11 heavy (non-hydrogen) atoms. The number of alkyl halides is 6. The summed E-state index contributed by atoms with van der Waals surface area (Å²) < 4.78 is 56.8. The lowest BCUT2D eigenvalue weighted by Crippen LogP contribution is -2.10. The van der Waals surface area contributed by atoms with Gasteiger partial charge in [0.2, 0.25) is 0 Å². The molecular weight excluding hydrogens is 303 g/mol. The van der Waals surface area contributed by atoms with Gasteiger partial charge in [-0.1, -0.05) is 0 Å². The van der Waals surface area contributed by atoms with Gasteiger partial charge in [0.1, 0.15) is 0 Å². The van der Waals surface area contributed by atoms with Crippen LogP contribution in [-0.4, -0.2) is 11.0 Å². The first-order valence-electron chi connectivity index (χ1n) is 2.15. The molecule has 0 fully saturated rings. The topological polar surface area (TPSA) is 0 Å². The van der Waals surface area contributed by atoms with Crippen molar-refractivity contribution in [3.05, 3.63) is 10.6 Å². The van der Waals surface area contributed by atoms with Crippen molar-refractivity contribution in [2.24, 2.45) is 0 Å². The molecule has 0 rings (SSSR count). The molecule has 0 amide bonds. The maximum atomic E-state index is 11.9. The summed E-state index contributed by atoms with van der Waals surface area (Å²) >= 11 is 3.83. The van der Waals surface area contributed by atoms with Crippen LogP contribution in [0.1, 0.15) is 0 Å². The number of rotatable bonds is 1. The molecular formula is C4HBr2F5. The molecule has 0 aromatic carbocycles. The van der Waals surface area contributed by atoms with Crippen LogP contribution in [0.15, 0.2) is 10.6 Å². The lowest BCUT2D eigenvalue weighted by Gasteiger charge is -2.07. The summed E-state index contributed by atoms with van der Waals surface area (Å²) in [5, 5.41) is 0. The normalized spacial score (nSPS) is 15.4. The molecule has 0 atom stereocenters. The molecule has 0 nitrogen and oxygen atoms in total. The van der Waals surface area contributed by atoms with Gasteiger partial charge in [0.15, 0.2) is 0 Å². The molecule has 66 valence electrons. The number of hydrogen-bond donors (Lipinski definition) is 0. The largest absolute Gasteiger partial charge is 0.410 e. The Morgan fingerprint density at radius 3 is 1.55 bits per heavy atom. The zero-order valence-corrected chi connectivity index (χ0v) is 7.90. The van der Waals surface area contributed by atoms with Crippen LogP contribution in [0.25, 0.3) is 0 Å². The molecule has 7 heteroatoms. The smallest absolute Gasteiger partial charge is 0.188 e. The highest BCUT2D eigenvalue weighted by atomic mass is 79.9. The first-order valence-corrected chi connectivity index (χ1v) is 3.74. The first-order chi connectivity index (χ1) is 4.63. The van der Waals surface area contributed by atoms with Gasteiger partial charge < -0.3 is 0 Å². The zero-order valence-electron chi connectivity index (χ0n) is 4.72. The Morgan fingerprint density at radius 1 is 1.09 bits per heavy atom. The highest BCUT2D eigenvalue weighted by Gasteiger charge is 2.34. The van der Waals surface area contributed by atoms with Gasteiger partial charge in [-0.2, -0.15) is 22.0 Å². The summed E-state index contributed by atoms with van der Waals surface area (Å²) in [7, 11) is 0. The highest BCUT2D eigenvalue weighted by Crippen LogP contribution is 2.37. The molecule has 0 aliphatic heterocycles. The van der Waals surface area contributed by atoms with Crippen molar-refractivity contribution in [1.82, 2.24) is 0 Å². The van der Waals surface area contributed by atoms with Crippen LogP contribution in [0, 0.1) is 0 Å². The predicted molar refractivity (Wildman–Crippen MR) is 36.9 cm³/mol. The summed E-state index contributed by atoms with van der Waals surface area (Å²) in [6.45, 7) is 0. The third-order valence-corrected chi connectivity index (χ3v) is 2.25. The monoisotopic (exact) mass is 302 g/mol. The van der Waals surface area contributed by atoms with Crippen LogP contribution in [-0.2, 0) is 0 Å². The molecule has 0 saturated heterocycles. The van der Waals surface area contributed by atoms with E-state index in [4.69, 9.17) is 0 Å². The molecule has 0 aromatic heterocycles. The van der Waals surface area contributed by atoms with Gasteiger partial charge in [-0.05, 0) is 31.9 Å². The molecule has 0 radical (unpaired) electrons. The van der Waals surface area contributed by atoms with E-state index in [2.05, 4.69) is 15.9 Å². The van der Waals surface area contributed by atoms with E-state index in [0.717, 1.165) is 0 Å².